The van der Waals surface area contributed by atoms with Gasteiger partial charge in [-0.05, 0) is 25.8 Å². The Bertz CT molecular complexity index is 337. The molecule has 3 heteroatoms. The summed E-state index contributed by atoms with van der Waals surface area (Å²) in [6.07, 6.45) is 12.2. The second-order valence-corrected chi connectivity index (χ2v) is 5.78. The van der Waals surface area contributed by atoms with Gasteiger partial charge in [-0.3, -0.25) is 0 Å². The monoisotopic (exact) mass is 249 g/mol. The van der Waals surface area contributed by atoms with Crippen molar-refractivity contribution in [1.29, 1.82) is 0 Å². The minimum atomic E-state index is 0.520. The smallest absolute Gasteiger partial charge is 0.111 e. The first-order valence-corrected chi connectivity index (χ1v) is 7.52. The highest BCUT2D eigenvalue weighted by Gasteiger charge is 2.12. The van der Waals surface area contributed by atoms with Gasteiger partial charge in [-0.1, -0.05) is 33.1 Å². The van der Waals surface area contributed by atoms with E-state index in [0.29, 0.717) is 5.92 Å². The fraction of sp³-hybridized carbons (Fsp3) is 0.800. The Morgan fingerprint density at radius 2 is 2.11 bits per heavy atom. The van der Waals surface area contributed by atoms with E-state index in [-0.39, 0.29) is 0 Å². The molecule has 0 amide bonds. The third-order valence-electron chi connectivity index (χ3n) is 3.88. The summed E-state index contributed by atoms with van der Waals surface area (Å²) in [6, 6.07) is 0.783. The fourth-order valence-corrected chi connectivity index (χ4v) is 2.87. The Balaban J connectivity index is 1.66. The van der Waals surface area contributed by atoms with E-state index in [9.17, 15) is 0 Å². The first kappa shape index (κ1) is 13.6. The van der Waals surface area contributed by atoms with E-state index in [4.69, 9.17) is 0 Å². The van der Waals surface area contributed by atoms with E-state index in [1.165, 1.54) is 44.3 Å². The highest BCUT2D eigenvalue weighted by atomic mass is 15.1. The van der Waals surface area contributed by atoms with Crippen molar-refractivity contribution in [1.82, 2.24) is 14.9 Å². The van der Waals surface area contributed by atoms with Crippen LogP contribution in [0.1, 0.15) is 64.1 Å². The number of hydrogen-bond acceptors (Lipinski definition) is 2. The average Bonchev–Trinajstić information content (AvgIpc) is 2.84. The Morgan fingerprint density at radius 1 is 1.33 bits per heavy atom. The van der Waals surface area contributed by atoms with E-state index in [1.54, 1.807) is 0 Å². The van der Waals surface area contributed by atoms with Crippen molar-refractivity contribution in [2.24, 2.45) is 0 Å². The van der Waals surface area contributed by atoms with Gasteiger partial charge in [0.15, 0.2) is 0 Å². The number of aryl methyl sites for hydroxylation is 1. The second kappa shape index (κ2) is 6.93. The van der Waals surface area contributed by atoms with Gasteiger partial charge < -0.3 is 9.88 Å². The summed E-state index contributed by atoms with van der Waals surface area (Å²) in [4.78, 5) is 4.43. The molecule has 0 atom stereocenters. The number of nitrogens with zero attached hydrogens (tertiary/aromatic N) is 2. The summed E-state index contributed by atoms with van der Waals surface area (Å²) in [5.41, 5.74) is 0. The minimum absolute atomic E-state index is 0.520. The number of imidazole rings is 1. The van der Waals surface area contributed by atoms with Gasteiger partial charge in [0.25, 0.3) is 0 Å². The Labute approximate surface area is 111 Å². The molecule has 18 heavy (non-hydrogen) atoms. The van der Waals surface area contributed by atoms with Crippen LogP contribution in [0.4, 0.5) is 0 Å². The van der Waals surface area contributed by atoms with Crippen LogP contribution in [0.3, 0.4) is 0 Å². The third-order valence-corrected chi connectivity index (χ3v) is 3.88. The normalized spacial score (nSPS) is 17.5. The van der Waals surface area contributed by atoms with E-state index in [0.717, 1.165) is 19.1 Å². The predicted octanol–water partition coefficient (Wildman–Crippen LogP) is 3.32. The molecule has 1 heterocycles. The summed E-state index contributed by atoms with van der Waals surface area (Å²) >= 11 is 0. The Morgan fingerprint density at radius 3 is 2.83 bits per heavy atom. The predicted molar refractivity (Wildman–Crippen MR) is 75.8 cm³/mol. The minimum Gasteiger partial charge on any atom is -0.335 e. The van der Waals surface area contributed by atoms with Crippen molar-refractivity contribution < 1.29 is 0 Å². The molecule has 1 N–H and O–H groups in total. The van der Waals surface area contributed by atoms with Gasteiger partial charge in [-0.2, -0.15) is 0 Å². The lowest BCUT2D eigenvalue weighted by Gasteiger charge is -2.23. The highest BCUT2D eigenvalue weighted by Crippen LogP contribution is 2.17. The molecule has 1 aromatic rings. The second-order valence-electron chi connectivity index (χ2n) is 5.78. The Hall–Kier alpha value is -0.830. The fourth-order valence-electron chi connectivity index (χ4n) is 2.87. The molecule has 0 radical (unpaired) electrons. The summed E-state index contributed by atoms with van der Waals surface area (Å²) < 4.78 is 2.30. The van der Waals surface area contributed by atoms with Crippen LogP contribution < -0.4 is 5.32 Å². The lowest BCUT2D eigenvalue weighted by atomic mass is 9.95. The van der Waals surface area contributed by atoms with Crippen LogP contribution in [0.2, 0.25) is 0 Å². The van der Waals surface area contributed by atoms with E-state index in [1.807, 2.05) is 6.20 Å². The van der Waals surface area contributed by atoms with Crippen LogP contribution in [0, 0.1) is 0 Å². The van der Waals surface area contributed by atoms with Crippen LogP contribution in [0.15, 0.2) is 12.4 Å². The van der Waals surface area contributed by atoms with E-state index >= 15 is 0 Å². The van der Waals surface area contributed by atoms with Crippen LogP contribution in [0.5, 0.6) is 0 Å². The van der Waals surface area contributed by atoms with Gasteiger partial charge in [0.2, 0.25) is 0 Å². The quantitative estimate of drug-likeness (QED) is 0.784. The maximum Gasteiger partial charge on any atom is 0.111 e. The van der Waals surface area contributed by atoms with Crippen LogP contribution in [0.25, 0.3) is 0 Å². The molecule has 2 rings (SSSR count). The average molecular weight is 249 g/mol. The summed E-state index contributed by atoms with van der Waals surface area (Å²) in [7, 11) is 0. The number of rotatable bonds is 6. The number of aromatic nitrogens is 2. The lowest BCUT2D eigenvalue weighted by molar-refractivity contribution is 0.368. The molecule has 0 aliphatic heterocycles. The number of nitrogens with one attached hydrogen (secondary N) is 1. The molecule has 0 unspecified atom stereocenters. The lowest BCUT2D eigenvalue weighted by Crippen LogP contribution is -2.32. The SMILES string of the molecule is CC(C)c1nccn1CCCNC1CCCCC1. The van der Waals surface area contributed by atoms with Crippen molar-refractivity contribution in [3.05, 3.63) is 18.2 Å². The zero-order valence-corrected chi connectivity index (χ0v) is 11.9. The summed E-state index contributed by atoms with van der Waals surface area (Å²) in [5, 5.41) is 3.70. The summed E-state index contributed by atoms with van der Waals surface area (Å²) in [6.45, 7) is 6.64. The van der Waals surface area contributed by atoms with Crippen LogP contribution in [-0.2, 0) is 6.54 Å². The standard InChI is InChI=1S/C15H27N3/c1-13(2)15-17-10-12-18(15)11-6-9-16-14-7-4-3-5-8-14/h10,12-14,16H,3-9,11H2,1-2H3. The molecular formula is C15H27N3. The zero-order chi connectivity index (χ0) is 12.8. The van der Waals surface area contributed by atoms with Gasteiger partial charge in [-0.15, -0.1) is 0 Å². The van der Waals surface area contributed by atoms with Crippen LogP contribution in [-0.4, -0.2) is 22.1 Å². The largest absolute Gasteiger partial charge is 0.335 e. The van der Waals surface area contributed by atoms with Crippen molar-refractivity contribution in [3.63, 3.8) is 0 Å². The first-order chi connectivity index (χ1) is 8.77. The van der Waals surface area contributed by atoms with Gasteiger partial charge in [-0.25, -0.2) is 4.98 Å². The van der Waals surface area contributed by atoms with Gasteiger partial charge in [0, 0.05) is 30.9 Å². The van der Waals surface area contributed by atoms with Crippen molar-refractivity contribution in [2.75, 3.05) is 6.54 Å². The molecule has 102 valence electrons. The van der Waals surface area contributed by atoms with Crippen molar-refractivity contribution >= 4 is 0 Å². The topological polar surface area (TPSA) is 29.9 Å². The maximum atomic E-state index is 4.43. The molecule has 1 aliphatic rings. The molecule has 1 aromatic heterocycles. The maximum absolute atomic E-state index is 4.43. The summed E-state index contributed by atoms with van der Waals surface area (Å²) in [5.74, 6) is 1.74. The third kappa shape index (κ3) is 3.84. The van der Waals surface area contributed by atoms with Crippen molar-refractivity contribution in [3.8, 4) is 0 Å². The van der Waals surface area contributed by atoms with Gasteiger partial charge in [0.1, 0.15) is 5.82 Å². The highest BCUT2D eigenvalue weighted by molar-refractivity contribution is 4.97. The molecule has 3 nitrogen and oxygen atoms in total. The molecule has 0 aromatic carbocycles. The zero-order valence-electron chi connectivity index (χ0n) is 11.9. The van der Waals surface area contributed by atoms with Crippen LogP contribution >= 0.6 is 0 Å². The molecule has 0 saturated heterocycles. The first-order valence-electron chi connectivity index (χ1n) is 7.52. The van der Waals surface area contributed by atoms with E-state index < -0.39 is 0 Å². The van der Waals surface area contributed by atoms with Gasteiger partial charge in [0.05, 0.1) is 0 Å². The molecule has 1 aliphatic carbocycles. The molecule has 0 bridgehead atoms. The molecular weight excluding hydrogens is 222 g/mol. The van der Waals surface area contributed by atoms with Crippen molar-refractivity contribution in [2.45, 2.75) is 70.9 Å². The molecule has 1 fully saturated rings. The molecule has 1 saturated carbocycles. The van der Waals surface area contributed by atoms with Gasteiger partial charge >= 0.3 is 0 Å². The molecule has 0 spiro atoms. The Kier molecular flexibility index (Phi) is 5.24. The number of hydrogen-bond donors (Lipinski definition) is 1. The van der Waals surface area contributed by atoms with E-state index in [2.05, 4.69) is 34.9 Å².